The zero-order chi connectivity index (χ0) is 16.1. The number of aromatic nitrogens is 3. The maximum atomic E-state index is 4.18. The molecule has 3 rings (SSSR count). The molecule has 6 heteroatoms. The fraction of sp³-hybridized carbons (Fsp3) is 0.176. The van der Waals surface area contributed by atoms with Gasteiger partial charge in [-0.05, 0) is 29.8 Å². The van der Waals surface area contributed by atoms with E-state index in [4.69, 9.17) is 0 Å². The smallest absolute Gasteiger partial charge is 0.269 e. The lowest BCUT2D eigenvalue weighted by Crippen LogP contribution is -2.15. The van der Waals surface area contributed by atoms with Gasteiger partial charge in [0.1, 0.15) is 6.33 Å². The van der Waals surface area contributed by atoms with Crippen LogP contribution in [0.3, 0.4) is 0 Å². The second-order valence-electron chi connectivity index (χ2n) is 5.30. The molecule has 3 aromatic rings. The quantitative estimate of drug-likeness (QED) is 0.672. The third kappa shape index (κ3) is 3.79. The number of anilines is 1. The highest BCUT2D eigenvalue weighted by Crippen LogP contribution is 2.21. The Balaban J connectivity index is 1.67. The van der Waals surface area contributed by atoms with Crippen LogP contribution in [0.5, 0.6) is 0 Å². The van der Waals surface area contributed by atoms with Crippen molar-refractivity contribution in [1.82, 2.24) is 14.8 Å². The Morgan fingerprint density at radius 1 is 1.00 bits per heavy atom. The van der Waals surface area contributed by atoms with Crippen molar-refractivity contribution in [3.8, 4) is 0 Å². The summed E-state index contributed by atoms with van der Waals surface area (Å²) >= 11 is 0. The standard InChI is InChI=1S/C17H18N6/c1-22(12-14-6-4-3-5-7-14)16-10-8-15(9-11-16)19-21-17-20-18-13-23(17)2/h3-11,13H,12H2,1-2H3. The third-order valence-electron chi connectivity index (χ3n) is 3.50. The first-order valence-corrected chi connectivity index (χ1v) is 7.33. The molecule has 0 bridgehead atoms. The summed E-state index contributed by atoms with van der Waals surface area (Å²) in [5.41, 5.74) is 3.19. The number of hydrogen-bond acceptors (Lipinski definition) is 5. The van der Waals surface area contributed by atoms with Crippen LogP contribution in [0.1, 0.15) is 5.56 Å². The van der Waals surface area contributed by atoms with Crippen molar-refractivity contribution in [3.63, 3.8) is 0 Å². The molecule has 6 nitrogen and oxygen atoms in total. The van der Waals surface area contributed by atoms with Crippen LogP contribution in [0.4, 0.5) is 17.3 Å². The van der Waals surface area contributed by atoms with Gasteiger partial charge in [-0.2, -0.15) is 0 Å². The zero-order valence-corrected chi connectivity index (χ0v) is 13.2. The second-order valence-corrected chi connectivity index (χ2v) is 5.30. The van der Waals surface area contributed by atoms with Crippen LogP contribution in [0.25, 0.3) is 0 Å². The van der Waals surface area contributed by atoms with Gasteiger partial charge in [0.15, 0.2) is 0 Å². The number of azo groups is 1. The molecule has 0 atom stereocenters. The topological polar surface area (TPSA) is 58.7 Å². The van der Waals surface area contributed by atoms with Crippen molar-refractivity contribution in [2.24, 2.45) is 17.3 Å². The van der Waals surface area contributed by atoms with E-state index in [2.05, 4.69) is 56.6 Å². The lowest BCUT2D eigenvalue weighted by atomic mass is 10.2. The summed E-state index contributed by atoms with van der Waals surface area (Å²) in [6.45, 7) is 0.862. The van der Waals surface area contributed by atoms with Gasteiger partial charge in [-0.3, -0.25) is 0 Å². The van der Waals surface area contributed by atoms with E-state index in [0.29, 0.717) is 5.95 Å². The van der Waals surface area contributed by atoms with Crippen LogP contribution in [-0.4, -0.2) is 21.8 Å². The fourth-order valence-electron chi connectivity index (χ4n) is 2.19. The van der Waals surface area contributed by atoms with E-state index in [9.17, 15) is 0 Å². The average Bonchev–Trinajstić information content (AvgIpc) is 2.99. The van der Waals surface area contributed by atoms with Crippen molar-refractivity contribution in [2.75, 3.05) is 11.9 Å². The molecular weight excluding hydrogens is 288 g/mol. The molecule has 2 aromatic carbocycles. The highest BCUT2D eigenvalue weighted by Gasteiger charge is 2.02. The van der Waals surface area contributed by atoms with Gasteiger partial charge in [-0.1, -0.05) is 30.3 Å². The van der Waals surface area contributed by atoms with Gasteiger partial charge >= 0.3 is 0 Å². The molecule has 0 amide bonds. The van der Waals surface area contributed by atoms with Crippen LogP contribution in [-0.2, 0) is 13.6 Å². The van der Waals surface area contributed by atoms with Crippen LogP contribution in [0, 0.1) is 0 Å². The first-order chi connectivity index (χ1) is 11.2. The van der Waals surface area contributed by atoms with Gasteiger partial charge in [0.05, 0.1) is 5.69 Å². The molecule has 0 saturated carbocycles. The van der Waals surface area contributed by atoms with E-state index in [-0.39, 0.29) is 0 Å². The number of rotatable bonds is 5. The van der Waals surface area contributed by atoms with Crippen LogP contribution in [0.15, 0.2) is 71.2 Å². The van der Waals surface area contributed by atoms with Crippen molar-refractivity contribution in [2.45, 2.75) is 6.54 Å². The van der Waals surface area contributed by atoms with Gasteiger partial charge in [-0.15, -0.1) is 20.4 Å². The first-order valence-electron chi connectivity index (χ1n) is 7.33. The number of aryl methyl sites for hydroxylation is 1. The Morgan fingerprint density at radius 3 is 2.39 bits per heavy atom. The predicted molar refractivity (Wildman–Crippen MR) is 90.2 cm³/mol. The van der Waals surface area contributed by atoms with Crippen LogP contribution >= 0.6 is 0 Å². The highest BCUT2D eigenvalue weighted by molar-refractivity contribution is 5.52. The molecule has 0 aliphatic heterocycles. The SMILES string of the molecule is CN(Cc1ccccc1)c1ccc(N=Nc2nncn2C)cc1. The van der Waals surface area contributed by atoms with Gasteiger partial charge in [0.25, 0.3) is 5.95 Å². The molecule has 0 fully saturated rings. The Hall–Kier alpha value is -3.02. The summed E-state index contributed by atoms with van der Waals surface area (Å²) in [7, 11) is 3.90. The summed E-state index contributed by atoms with van der Waals surface area (Å²) in [5, 5.41) is 15.9. The minimum Gasteiger partial charge on any atom is -0.370 e. The van der Waals surface area contributed by atoms with E-state index in [0.717, 1.165) is 17.9 Å². The Morgan fingerprint density at radius 2 is 1.74 bits per heavy atom. The van der Waals surface area contributed by atoms with Crippen molar-refractivity contribution in [3.05, 3.63) is 66.5 Å². The summed E-state index contributed by atoms with van der Waals surface area (Å²) in [5.74, 6) is 0.482. The van der Waals surface area contributed by atoms with E-state index in [1.165, 1.54) is 5.56 Å². The second kappa shape index (κ2) is 6.83. The molecule has 0 aliphatic rings. The molecule has 1 aromatic heterocycles. The van der Waals surface area contributed by atoms with Gasteiger partial charge in [0.2, 0.25) is 0 Å². The van der Waals surface area contributed by atoms with E-state index < -0.39 is 0 Å². The summed E-state index contributed by atoms with van der Waals surface area (Å²) in [6.07, 6.45) is 1.59. The average molecular weight is 306 g/mol. The minimum absolute atomic E-state index is 0.482. The van der Waals surface area contributed by atoms with Crippen molar-refractivity contribution >= 4 is 17.3 Å². The lowest BCUT2D eigenvalue weighted by Gasteiger charge is -2.19. The van der Waals surface area contributed by atoms with Gasteiger partial charge in [-0.25, -0.2) is 0 Å². The van der Waals surface area contributed by atoms with E-state index in [1.807, 2.05) is 37.4 Å². The molecule has 23 heavy (non-hydrogen) atoms. The first kappa shape index (κ1) is 14.9. The molecule has 1 heterocycles. The molecule has 0 aliphatic carbocycles. The van der Waals surface area contributed by atoms with Gasteiger partial charge in [0, 0.05) is 26.3 Å². The molecule has 0 N–H and O–H groups in total. The molecule has 0 radical (unpaired) electrons. The van der Waals surface area contributed by atoms with Crippen LogP contribution in [0.2, 0.25) is 0 Å². The Bertz CT molecular complexity index is 776. The summed E-state index contributed by atoms with van der Waals surface area (Å²) in [4.78, 5) is 2.19. The maximum Gasteiger partial charge on any atom is 0.269 e. The number of nitrogens with zero attached hydrogens (tertiary/aromatic N) is 6. The summed E-state index contributed by atoms with van der Waals surface area (Å²) < 4.78 is 1.71. The largest absolute Gasteiger partial charge is 0.370 e. The molecule has 0 saturated heterocycles. The molecular formula is C17H18N6. The molecule has 0 unspecified atom stereocenters. The van der Waals surface area contributed by atoms with Crippen LogP contribution < -0.4 is 4.90 Å². The number of benzene rings is 2. The highest BCUT2D eigenvalue weighted by atomic mass is 15.3. The van der Waals surface area contributed by atoms with Gasteiger partial charge < -0.3 is 9.47 Å². The Kier molecular flexibility index (Phi) is 4.42. The predicted octanol–water partition coefficient (Wildman–Crippen LogP) is 3.87. The maximum absolute atomic E-state index is 4.18. The monoisotopic (exact) mass is 306 g/mol. The normalized spacial score (nSPS) is 11.0. The third-order valence-corrected chi connectivity index (χ3v) is 3.50. The zero-order valence-electron chi connectivity index (χ0n) is 13.2. The van der Waals surface area contributed by atoms with Crippen molar-refractivity contribution < 1.29 is 0 Å². The lowest BCUT2D eigenvalue weighted by molar-refractivity contribution is 0.892. The fourth-order valence-corrected chi connectivity index (χ4v) is 2.19. The Labute approximate surface area is 135 Å². The molecule has 116 valence electrons. The van der Waals surface area contributed by atoms with E-state index in [1.54, 1.807) is 10.9 Å². The number of hydrogen-bond donors (Lipinski definition) is 0. The molecule has 0 spiro atoms. The minimum atomic E-state index is 0.482. The van der Waals surface area contributed by atoms with E-state index >= 15 is 0 Å². The summed E-state index contributed by atoms with van der Waals surface area (Å²) in [6, 6.07) is 18.3. The van der Waals surface area contributed by atoms with Crippen molar-refractivity contribution in [1.29, 1.82) is 0 Å².